The van der Waals surface area contributed by atoms with E-state index in [9.17, 15) is 9.59 Å². The first-order valence-corrected chi connectivity index (χ1v) is 6.76. The number of carbonyl (C=O) groups is 2. The van der Waals surface area contributed by atoms with E-state index < -0.39 is 0 Å². The van der Waals surface area contributed by atoms with Gasteiger partial charge in [-0.3, -0.25) is 9.59 Å². The fourth-order valence-corrected chi connectivity index (χ4v) is 2.16. The Morgan fingerprint density at radius 2 is 2.22 bits per heavy atom. The zero-order valence-corrected chi connectivity index (χ0v) is 11.2. The van der Waals surface area contributed by atoms with Crippen LogP contribution < -0.4 is 10.6 Å². The van der Waals surface area contributed by atoms with Crippen molar-refractivity contribution in [3.05, 3.63) is 0 Å². The van der Waals surface area contributed by atoms with Gasteiger partial charge in [-0.05, 0) is 44.7 Å². The molecule has 5 heteroatoms. The Balaban J connectivity index is 1.98. The molecule has 104 valence electrons. The molecule has 18 heavy (non-hydrogen) atoms. The lowest BCUT2D eigenvalue weighted by Crippen LogP contribution is -2.31. The Morgan fingerprint density at radius 3 is 2.89 bits per heavy atom. The van der Waals surface area contributed by atoms with Crippen LogP contribution in [0.25, 0.3) is 0 Å². The number of ether oxygens (including phenoxy) is 1. The van der Waals surface area contributed by atoms with Gasteiger partial charge in [0.2, 0.25) is 5.91 Å². The first-order valence-electron chi connectivity index (χ1n) is 6.76. The number of piperidine rings is 1. The normalized spacial score (nSPS) is 19.3. The molecular weight excluding hydrogens is 232 g/mol. The van der Waals surface area contributed by atoms with Crippen molar-refractivity contribution < 1.29 is 14.3 Å². The maximum absolute atomic E-state index is 11.6. The molecule has 0 radical (unpaired) electrons. The van der Waals surface area contributed by atoms with Crippen molar-refractivity contribution >= 4 is 11.9 Å². The minimum absolute atomic E-state index is 0.0884. The SMILES string of the molecule is COC(=O)CCCNC(=O)CCC1CCCNC1. The van der Waals surface area contributed by atoms with E-state index >= 15 is 0 Å². The van der Waals surface area contributed by atoms with Crippen molar-refractivity contribution in [3.63, 3.8) is 0 Å². The molecular formula is C13H24N2O3. The summed E-state index contributed by atoms with van der Waals surface area (Å²) in [5.41, 5.74) is 0. The van der Waals surface area contributed by atoms with Gasteiger partial charge in [-0.2, -0.15) is 0 Å². The molecule has 0 bridgehead atoms. The van der Waals surface area contributed by atoms with Gasteiger partial charge in [0.1, 0.15) is 0 Å². The van der Waals surface area contributed by atoms with Gasteiger partial charge in [-0.15, -0.1) is 0 Å². The molecule has 5 nitrogen and oxygen atoms in total. The van der Waals surface area contributed by atoms with E-state index in [1.807, 2.05) is 0 Å². The molecule has 1 amide bonds. The van der Waals surface area contributed by atoms with Gasteiger partial charge < -0.3 is 15.4 Å². The summed E-state index contributed by atoms with van der Waals surface area (Å²) < 4.78 is 4.53. The van der Waals surface area contributed by atoms with Crippen LogP contribution in [0.3, 0.4) is 0 Å². The van der Waals surface area contributed by atoms with E-state index in [0.717, 1.165) is 19.5 Å². The number of nitrogens with one attached hydrogen (secondary N) is 2. The van der Waals surface area contributed by atoms with Crippen LogP contribution in [0.2, 0.25) is 0 Å². The highest BCUT2D eigenvalue weighted by molar-refractivity contribution is 5.76. The lowest BCUT2D eigenvalue weighted by Gasteiger charge is -2.22. The molecule has 1 saturated heterocycles. The van der Waals surface area contributed by atoms with E-state index in [1.165, 1.54) is 20.0 Å². The van der Waals surface area contributed by atoms with Gasteiger partial charge >= 0.3 is 5.97 Å². The standard InChI is InChI=1S/C13H24N2O3/c1-18-13(17)5-3-9-15-12(16)7-6-11-4-2-8-14-10-11/h11,14H,2-10H2,1H3,(H,15,16). The Bertz CT molecular complexity index is 263. The van der Waals surface area contributed by atoms with Crippen molar-refractivity contribution in [2.45, 2.75) is 38.5 Å². The molecule has 0 aliphatic carbocycles. The molecule has 1 atom stereocenters. The van der Waals surface area contributed by atoms with Crippen LogP contribution in [-0.4, -0.2) is 38.6 Å². The second kappa shape index (κ2) is 8.91. The number of methoxy groups -OCH3 is 1. The quantitative estimate of drug-likeness (QED) is 0.523. The summed E-state index contributed by atoms with van der Waals surface area (Å²) in [5.74, 6) is 0.502. The number of esters is 1. The zero-order chi connectivity index (χ0) is 13.2. The molecule has 0 saturated carbocycles. The van der Waals surface area contributed by atoms with Gasteiger partial charge in [0.05, 0.1) is 7.11 Å². The molecule has 1 aliphatic rings. The Hall–Kier alpha value is -1.10. The molecule has 0 aromatic rings. The summed E-state index contributed by atoms with van der Waals surface area (Å²) in [7, 11) is 1.37. The van der Waals surface area contributed by atoms with Gasteiger partial charge in [0.25, 0.3) is 0 Å². The summed E-state index contributed by atoms with van der Waals surface area (Å²) in [4.78, 5) is 22.4. The van der Waals surface area contributed by atoms with E-state index in [-0.39, 0.29) is 11.9 Å². The van der Waals surface area contributed by atoms with Crippen molar-refractivity contribution in [2.24, 2.45) is 5.92 Å². The summed E-state index contributed by atoms with van der Waals surface area (Å²) in [6, 6.07) is 0. The summed E-state index contributed by atoms with van der Waals surface area (Å²) in [6.07, 6.45) is 4.99. The average Bonchev–Trinajstić information content (AvgIpc) is 2.42. The summed E-state index contributed by atoms with van der Waals surface area (Å²) in [6.45, 7) is 2.70. The van der Waals surface area contributed by atoms with Crippen LogP contribution in [0.5, 0.6) is 0 Å². The Morgan fingerprint density at radius 1 is 1.39 bits per heavy atom. The van der Waals surface area contributed by atoms with E-state index in [4.69, 9.17) is 0 Å². The highest BCUT2D eigenvalue weighted by Crippen LogP contribution is 2.15. The topological polar surface area (TPSA) is 67.4 Å². The first kappa shape index (κ1) is 15.0. The Kier molecular flexibility index (Phi) is 7.41. The predicted octanol–water partition coefficient (Wildman–Crippen LogP) is 0.836. The monoisotopic (exact) mass is 256 g/mol. The average molecular weight is 256 g/mol. The summed E-state index contributed by atoms with van der Waals surface area (Å²) in [5, 5.41) is 6.18. The fourth-order valence-electron chi connectivity index (χ4n) is 2.16. The van der Waals surface area contributed by atoms with Crippen LogP contribution >= 0.6 is 0 Å². The number of hydrogen-bond donors (Lipinski definition) is 2. The maximum atomic E-state index is 11.6. The van der Waals surface area contributed by atoms with Crippen molar-refractivity contribution in [3.8, 4) is 0 Å². The lowest BCUT2D eigenvalue weighted by atomic mass is 9.94. The number of hydrogen-bond acceptors (Lipinski definition) is 4. The third kappa shape index (κ3) is 6.59. The minimum atomic E-state index is -0.225. The second-order valence-corrected chi connectivity index (χ2v) is 4.78. The van der Waals surface area contributed by atoms with Crippen LogP contribution in [0.4, 0.5) is 0 Å². The molecule has 1 fully saturated rings. The van der Waals surface area contributed by atoms with Gasteiger partial charge in [0.15, 0.2) is 0 Å². The molecule has 0 aromatic carbocycles. The zero-order valence-electron chi connectivity index (χ0n) is 11.2. The summed E-state index contributed by atoms with van der Waals surface area (Å²) >= 11 is 0. The number of amides is 1. The van der Waals surface area contributed by atoms with Crippen LogP contribution in [0, 0.1) is 5.92 Å². The number of carbonyl (C=O) groups excluding carboxylic acids is 2. The van der Waals surface area contributed by atoms with Crippen LogP contribution in [0.1, 0.15) is 38.5 Å². The van der Waals surface area contributed by atoms with Crippen LogP contribution in [0.15, 0.2) is 0 Å². The molecule has 1 aliphatic heterocycles. The molecule has 1 unspecified atom stereocenters. The van der Waals surface area contributed by atoms with Crippen LogP contribution in [-0.2, 0) is 14.3 Å². The van der Waals surface area contributed by atoms with E-state index in [1.54, 1.807) is 0 Å². The van der Waals surface area contributed by atoms with Crippen molar-refractivity contribution in [1.29, 1.82) is 0 Å². The largest absolute Gasteiger partial charge is 0.469 e. The highest BCUT2D eigenvalue weighted by atomic mass is 16.5. The highest BCUT2D eigenvalue weighted by Gasteiger charge is 2.14. The third-order valence-corrected chi connectivity index (χ3v) is 3.29. The first-order chi connectivity index (χ1) is 8.72. The van der Waals surface area contributed by atoms with Gasteiger partial charge in [-0.1, -0.05) is 0 Å². The number of rotatable bonds is 7. The minimum Gasteiger partial charge on any atom is -0.469 e. The maximum Gasteiger partial charge on any atom is 0.305 e. The molecule has 0 spiro atoms. The smallest absolute Gasteiger partial charge is 0.305 e. The Labute approximate surface area is 109 Å². The lowest BCUT2D eigenvalue weighted by molar-refractivity contribution is -0.140. The third-order valence-electron chi connectivity index (χ3n) is 3.29. The van der Waals surface area contributed by atoms with E-state index in [2.05, 4.69) is 15.4 Å². The molecule has 1 heterocycles. The predicted molar refractivity (Wildman–Crippen MR) is 69.1 cm³/mol. The van der Waals surface area contributed by atoms with E-state index in [0.29, 0.717) is 31.7 Å². The molecule has 0 aromatic heterocycles. The second-order valence-electron chi connectivity index (χ2n) is 4.78. The van der Waals surface area contributed by atoms with Crippen molar-refractivity contribution in [2.75, 3.05) is 26.7 Å². The van der Waals surface area contributed by atoms with Crippen molar-refractivity contribution in [1.82, 2.24) is 10.6 Å². The van der Waals surface area contributed by atoms with Gasteiger partial charge in [0, 0.05) is 19.4 Å². The molecule has 1 rings (SSSR count). The fraction of sp³-hybridized carbons (Fsp3) is 0.846. The molecule has 2 N–H and O–H groups in total. The van der Waals surface area contributed by atoms with Gasteiger partial charge in [-0.25, -0.2) is 0 Å².